The van der Waals surface area contributed by atoms with E-state index in [0.717, 1.165) is 11.1 Å². The second kappa shape index (κ2) is 6.58. The second-order valence-electron chi connectivity index (χ2n) is 4.89. The lowest BCUT2D eigenvalue weighted by molar-refractivity contribution is -0.137. The molecule has 0 aliphatic heterocycles. The summed E-state index contributed by atoms with van der Waals surface area (Å²) in [6.07, 6.45) is -0.0246. The number of carboxylic acids is 1. The summed E-state index contributed by atoms with van der Waals surface area (Å²) >= 11 is 6.14. The topological polar surface area (TPSA) is 37.3 Å². The summed E-state index contributed by atoms with van der Waals surface area (Å²) in [7, 11) is 0. The van der Waals surface area contributed by atoms with Crippen molar-refractivity contribution in [3.8, 4) is 11.1 Å². The van der Waals surface area contributed by atoms with Crippen molar-refractivity contribution < 1.29 is 9.90 Å². The molecule has 104 valence electrons. The van der Waals surface area contributed by atoms with Crippen molar-refractivity contribution >= 4 is 17.6 Å². The highest BCUT2D eigenvalue weighted by atomic mass is 35.5. The lowest BCUT2D eigenvalue weighted by Gasteiger charge is -2.17. The number of aliphatic carboxylic acids is 1. The van der Waals surface area contributed by atoms with Crippen LogP contribution in [0.15, 0.2) is 54.6 Å². The van der Waals surface area contributed by atoms with E-state index in [9.17, 15) is 4.79 Å². The summed E-state index contributed by atoms with van der Waals surface area (Å²) < 4.78 is 0. The maximum absolute atomic E-state index is 10.7. The van der Waals surface area contributed by atoms with E-state index >= 15 is 0 Å². The van der Waals surface area contributed by atoms with Gasteiger partial charge in [-0.2, -0.15) is 0 Å². The normalized spacial score (nSPS) is 13.7. The summed E-state index contributed by atoms with van der Waals surface area (Å²) in [5.41, 5.74) is 3.37. The molecule has 3 heteroatoms. The number of benzene rings is 2. The Kier molecular flexibility index (Phi) is 4.80. The molecule has 0 fully saturated rings. The molecule has 2 rings (SSSR count). The average molecular weight is 289 g/mol. The van der Waals surface area contributed by atoms with Crippen molar-refractivity contribution in [3.05, 3.63) is 60.2 Å². The minimum atomic E-state index is -0.863. The summed E-state index contributed by atoms with van der Waals surface area (Å²) in [5.74, 6) is -0.852. The summed E-state index contributed by atoms with van der Waals surface area (Å²) in [4.78, 5) is 10.7. The van der Waals surface area contributed by atoms with Gasteiger partial charge in [-0.1, -0.05) is 61.5 Å². The minimum absolute atomic E-state index is 0.0117. The van der Waals surface area contributed by atoms with E-state index in [2.05, 4.69) is 12.1 Å². The quantitative estimate of drug-likeness (QED) is 0.820. The largest absolute Gasteiger partial charge is 0.481 e. The van der Waals surface area contributed by atoms with E-state index in [1.165, 1.54) is 5.56 Å². The van der Waals surface area contributed by atoms with Gasteiger partial charge in [0.1, 0.15) is 0 Å². The summed E-state index contributed by atoms with van der Waals surface area (Å²) in [6, 6.07) is 18.3. The molecule has 0 spiro atoms. The molecule has 0 aliphatic rings. The predicted octanol–water partition coefficient (Wildman–Crippen LogP) is 4.54. The van der Waals surface area contributed by atoms with E-state index in [1.54, 1.807) is 0 Å². The zero-order valence-electron chi connectivity index (χ0n) is 11.3. The third-order valence-corrected chi connectivity index (χ3v) is 3.99. The lowest BCUT2D eigenvalue weighted by atomic mass is 9.94. The van der Waals surface area contributed by atoms with Gasteiger partial charge in [-0.05, 0) is 22.6 Å². The fourth-order valence-corrected chi connectivity index (χ4v) is 2.44. The highest BCUT2D eigenvalue weighted by Crippen LogP contribution is 2.28. The molecule has 2 aromatic carbocycles. The zero-order chi connectivity index (χ0) is 14.5. The number of halogens is 1. The van der Waals surface area contributed by atoms with Gasteiger partial charge in [-0.3, -0.25) is 4.79 Å². The van der Waals surface area contributed by atoms with Crippen molar-refractivity contribution in [1.29, 1.82) is 0 Å². The molecule has 0 saturated carbocycles. The van der Waals surface area contributed by atoms with Crippen LogP contribution in [0.4, 0.5) is 0 Å². The maximum atomic E-state index is 10.7. The van der Waals surface area contributed by atoms with Crippen LogP contribution < -0.4 is 0 Å². The first-order valence-corrected chi connectivity index (χ1v) is 7.03. The lowest BCUT2D eigenvalue weighted by Crippen LogP contribution is -2.14. The van der Waals surface area contributed by atoms with E-state index in [0.29, 0.717) is 0 Å². The van der Waals surface area contributed by atoms with Crippen LogP contribution >= 0.6 is 11.6 Å². The van der Waals surface area contributed by atoms with Gasteiger partial charge in [0, 0.05) is 0 Å². The number of hydrogen-bond donors (Lipinski definition) is 1. The summed E-state index contributed by atoms with van der Waals surface area (Å²) in [5, 5.41) is 8.39. The Balaban J connectivity index is 2.14. The molecule has 2 atom stereocenters. The van der Waals surface area contributed by atoms with Crippen LogP contribution in [-0.2, 0) is 4.79 Å². The molecule has 2 aromatic rings. The van der Waals surface area contributed by atoms with E-state index < -0.39 is 11.3 Å². The van der Waals surface area contributed by atoms with Crippen molar-refractivity contribution in [2.45, 2.75) is 24.6 Å². The number of carbonyl (C=O) groups is 1. The molecule has 0 saturated heterocycles. The van der Waals surface area contributed by atoms with Gasteiger partial charge in [0.15, 0.2) is 0 Å². The molecule has 2 nitrogen and oxygen atoms in total. The second-order valence-corrected chi connectivity index (χ2v) is 5.45. The van der Waals surface area contributed by atoms with Crippen LogP contribution in [0.3, 0.4) is 0 Å². The van der Waals surface area contributed by atoms with Crippen molar-refractivity contribution in [2.75, 3.05) is 0 Å². The Bertz CT molecular complexity index is 563. The molecule has 1 N–H and O–H groups in total. The molecule has 0 bridgehead atoms. The van der Waals surface area contributed by atoms with Crippen molar-refractivity contribution in [1.82, 2.24) is 0 Å². The standard InChI is InChI=1S/C17H17ClO2/c1-12(16(18)11-17(19)20)13-7-9-15(10-8-13)14-5-3-2-4-6-14/h2-10,12,16H,11H2,1H3,(H,19,20). The fourth-order valence-electron chi connectivity index (χ4n) is 2.16. The first-order valence-electron chi connectivity index (χ1n) is 6.59. The van der Waals surface area contributed by atoms with Gasteiger partial charge < -0.3 is 5.11 Å². The Hall–Kier alpha value is -1.80. The molecule has 0 aromatic heterocycles. The van der Waals surface area contributed by atoms with Gasteiger partial charge in [0.05, 0.1) is 11.8 Å². The first kappa shape index (κ1) is 14.6. The Labute approximate surface area is 124 Å². The van der Waals surface area contributed by atoms with E-state index in [-0.39, 0.29) is 12.3 Å². The maximum Gasteiger partial charge on any atom is 0.304 e. The SMILES string of the molecule is CC(c1ccc(-c2ccccc2)cc1)C(Cl)CC(=O)O. The number of rotatable bonds is 5. The first-order chi connectivity index (χ1) is 9.58. The van der Waals surface area contributed by atoms with Crippen molar-refractivity contribution in [3.63, 3.8) is 0 Å². The number of hydrogen-bond acceptors (Lipinski definition) is 1. The van der Waals surface area contributed by atoms with E-state index in [4.69, 9.17) is 16.7 Å². The van der Waals surface area contributed by atoms with Crippen LogP contribution in [0.1, 0.15) is 24.8 Å². The van der Waals surface area contributed by atoms with Gasteiger partial charge in [0.2, 0.25) is 0 Å². The predicted molar refractivity (Wildman–Crippen MR) is 82.2 cm³/mol. The Morgan fingerprint density at radius 2 is 1.60 bits per heavy atom. The molecule has 0 heterocycles. The Morgan fingerprint density at radius 1 is 1.05 bits per heavy atom. The van der Waals surface area contributed by atoms with Crippen LogP contribution in [0.2, 0.25) is 0 Å². The monoisotopic (exact) mass is 288 g/mol. The van der Waals surface area contributed by atoms with Gasteiger partial charge in [-0.15, -0.1) is 11.6 Å². The highest BCUT2D eigenvalue weighted by molar-refractivity contribution is 6.22. The third-order valence-electron chi connectivity index (χ3n) is 3.46. The number of alkyl halides is 1. The molecular weight excluding hydrogens is 272 g/mol. The molecule has 0 amide bonds. The smallest absolute Gasteiger partial charge is 0.304 e. The van der Waals surface area contributed by atoms with Crippen LogP contribution in [0, 0.1) is 0 Å². The van der Waals surface area contributed by atoms with Gasteiger partial charge in [0.25, 0.3) is 0 Å². The van der Waals surface area contributed by atoms with Crippen LogP contribution in [0.25, 0.3) is 11.1 Å². The average Bonchev–Trinajstić information content (AvgIpc) is 2.47. The zero-order valence-corrected chi connectivity index (χ0v) is 12.0. The molecule has 0 aliphatic carbocycles. The fraction of sp³-hybridized carbons (Fsp3) is 0.235. The number of carboxylic acid groups (broad SMARTS) is 1. The molecular formula is C17H17ClO2. The van der Waals surface area contributed by atoms with E-state index in [1.807, 2.05) is 49.4 Å². The summed E-state index contributed by atoms with van der Waals surface area (Å²) in [6.45, 7) is 1.96. The van der Waals surface area contributed by atoms with Gasteiger partial charge >= 0.3 is 5.97 Å². The molecule has 20 heavy (non-hydrogen) atoms. The third kappa shape index (κ3) is 3.61. The minimum Gasteiger partial charge on any atom is -0.481 e. The molecule has 2 unspecified atom stereocenters. The van der Waals surface area contributed by atoms with Crippen LogP contribution in [0.5, 0.6) is 0 Å². The highest BCUT2D eigenvalue weighted by Gasteiger charge is 2.19. The van der Waals surface area contributed by atoms with Crippen LogP contribution in [-0.4, -0.2) is 16.5 Å². The van der Waals surface area contributed by atoms with Crippen molar-refractivity contribution in [2.24, 2.45) is 0 Å². The molecule has 0 radical (unpaired) electrons. The Morgan fingerprint density at radius 3 is 2.15 bits per heavy atom. The van der Waals surface area contributed by atoms with Gasteiger partial charge in [-0.25, -0.2) is 0 Å².